The van der Waals surface area contributed by atoms with Crippen LogP contribution in [0.2, 0.25) is 0 Å². The first-order valence-corrected chi connectivity index (χ1v) is 10.4. The molecule has 3 N–H and O–H groups in total. The lowest BCUT2D eigenvalue weighted by Crippen LogP contribution is -2.08. The second-order valence-corrected chi connectivity index (χ2v) is 8.12. The second-order valence-electron chi connectivity index (χ2n) is 6.67. The smallest absolute Gasteiger partial charge is 0.232 e. The van der Waals surface area contributed by atoms with E-state index in [4.69, 9.17) is 10.5 Å². The van der Waals surface area contributed by atoms with Crippen LogP contribution in [0.3, 0.4) is 0 Å². The van der Waals surface area contributed by atoms with Crippen molar-refractivity contribution in [2.45, 2.75) is 25.0 Å². The largest absolute Gasteiger partial charge is 0.493 e. The molecule has 2 aromatic carbocycles. The number of nitrogens with one attached hydrogen (secondary N) is 1. The van der Waals surface area contributed by atoms with Crippen LogP contribution in [-0.2, 0) is 12.8 Å². The van der Waals surface area contributed by atoms with Crippen molar-refractivity contribution in [2.24, 2.45) is 0 Å². The Morgan fingerprint density at radius 2 is 2.00 bits per heavy atom. The number of fused-ring (bicyclic) bond motifs is 1. The molecule has 0 aliphatic carbocycles. The minimum absolute atomic E-state index is 0.124. The molecule has 7 heteroatoms. The first-order chi connectivity index (χ1) is 13.7. The highest BCUT2D eigenvalue weighted by Gasteiger charge is 2.14. The zero-order valence-corrected chi connectivity index (χ0v) is 16.6. The SMILES string of the molecule is CC(SCCc1ccc2c(c1)CCO2)c1nc(N)nc(Nc2ccccc2)n1. The van der Waals surface area contributed by atoms with Crippen molar-refractivity contribution in [3.63, 3.8) is 0 Å². The maximum Gasteiger partial charge on any atom is 0.232 e. The number of nitrogen functional groups attached to an aromatic ring is 1. The molecule has 4 rings (SSSR count). The molecule has 0 radical (unpaired) electrons. The number of para-hydroxylation sites is 1. The molecule has 0 amide bonds. The zero-order chi connectivity index (χ0) is 19.3. The van der Waals surface area contributed by atoms with Gasteiger partial charge in [0.1, 0.15) is 11.6 Å². The predicted octanol–water partition coefficient (Wildman–Crippen LogP) is 4.17. The van der Waals surface area contributed by atoms with Gasteiger partial charge in [0.05, 0.1) is 11.9 Å². The lowest BCUT2D eigenvalue weighted by Gasteiger charge is -2.12. The molecule has 1 unspecified atom stereocenters. The fraction of sp³-hybridized carbons (Fsp3) is 0.286. The summed E-state index contributed by atoms with van der Waals surface area (Å²) < 4.78 is 5.57. The summed E-state index contributed by atoms with van der Waals surface area (Å²) in [5.41, 5.74) is 9.47. The Morgan fingerprint density at radius 1 is 1.14 bits per heavy atom. The van der Waals surface area contributed by atoms with Gasteiger partial charge in [-0.3, -0.25) is 0 Å². The molecule has 6 nitrogen and oxygen atoms in total. The van der Waals surface area contributed by atoms with Crippen LogP contribution < -0.4 is 15.8 Å². The fourth-order valence-corrected chi connectivity index (χ4v) is 4.08. The van der Waals surface area contributed by atoms with E-state index >= 15 is 0 Å². The number of nitrogens with zero attached hydrogens (tertiary/aromatic N) is 3. The Balaban J connectivity index is 1.37. The van der Waals surface area contributed by atoms with Gasteiger partial charge in [-0.25, -0.2) is 0 Å². The Kier molecular flexibility index (Phi) is 5.62. The van der Waals surface area contributed by atoms with Crippen molar-refractivity contribution in [3.8, 4) is 5.75 Å². The van der Waals surface area contributed by atoms with E-state index in [1.807, 2.05) is 42.1 Å². The molecule has 1 aliphatic heterocycles. The number of thioether (sulfide) groups is 1. The van der Waals surface area contributed by atoms with E-state index in [-0.39, 0.29) is 11.2 Å². The lowest BCUT2D eigenvalue weighted by molar-refractivity contribution is 0.357. The van der Waals surface area contributed by atoms with Crippen LogP contribution in [0, 0.1) is 0 Å². The molecule has 2 heterocycles. The molecule has 3 aromatic rings. The number of ether oxygens (including phenoxy) is 1. The summed E-state index contributed by atoms with van der Waals surface area (Å²) in [5, 5.41) is 3.31. The zero-order valence-electron chi connectivity index (χ0n) is 15.8. The van der Waals surface area contributed by atoms with Gasteiger partial charge in [-0.2, -0.15) is 26.7 Å². The normalized spacial score (nSPS) is 13.6. The van der Waals surface area contributed by atoms with Crippen molar-refractivity contribution in [1.82, 2.24) is 15.0 Å². The fourth-order valence-electron chi connectivity index (χ4n) is 3.12. The Morgan fingerprint density at radius 3 is 2.86 bits per heavy atom. The molecule has 0 bridgehead atoms. The summed E-state index contributed by atoms with van der Waals surface area (Å²) in [7, 11) is 0. The Hall–Kier alpha value is -2.80. The van der Waals surface area contributed by atoms with Crippen molar-refractivity contribution < 1.29 is 4.74 Å². The summed E-state index contributed by atoms with van der Waals surface area (Å²) in [5.74, 6) is 3.41. The van der Waals surface area contributed by atoms with Crippen molar-refractivity contribution in [2.75, 3.05) is 23.4 Å². The standard InChI is InChI=1S/C21H23N5OS/c1-14(28-12-10-15-7-8-18-16(13-15)9-11-27-18)19-24-20(22)26-21(25-19)23-17-5-3-2-4-6-17/h2-8,13-14H,9-12H2,1H3,(H3,22,23,24,25,26). The monoisotopic (exact) mass is 393 g/mol. The number of benzene rings is 2. The molecule has 0 spiro atoms. The summed E-state index contributed by atoms with van der Waals surface area (Å²) in [4.78, 5) is 13.1. The van der Waals surface area contributed by atoms with Crippen molar-refractivity contribution >= 4 is 29.3 Å². The van der Waals surface area contributed by atoms with E-state index in [9.17, 15) is 0 Å². The Labute approximate surface area is 169 Å². The highest BCUT2D eigenvalue weighted by molar-refractivity contribution is 7.99. The molecule has 0 saturated heterocycles. The minimum atomic E-state index is 0.124. The maximum atomic E-state index is 5.90. The number of aryl methyl sites for hydroxylation is 1. The van der Waals surface area contributed by atoms with Crippen molar-refractivity contribution in [1.29, 1.82) is 0 Å². The van der Waals surface area contributed by atoms with Crippen LogP contribution in [0.5, 0.6) is 5.75 Å². The van der Waals surface area contributed by atoms with E-state index < -0.39 is 0 Å². The third kappa shape index (κ3) is 4.54. The number of aromatic nitrogens is 3. The van der Waals surface area contributed by atoms with E-state index in [2.05, 4.69) is 45.4 Å². The second kappa shape index (κ2) is 8.48. The van der Waals surface area contributed by atoms with Crippen LogP contribution in [-0.4, -0.2) is 27.3 Å². The molecule has 1 atom stereocenters. The van der Waals surface area contributed by atoms with Crippen LogP contribution in [0.15, 0.2) is 48.5 Å². The Bertz CT molecular complexity index is 951. The van der Waals surface area contributed by atoms with Crippen LogP contribution in [0.4, 0.5) is 17.6 Å². The number of hydrogen-bond acceptors (Lipinski definition) is 7. The molecule has 144 valence electrons. The quantitative estimate of drug-likeness (QED) is 0.623. The summed E-state index contributed by atoms with van der Waals surface area (Å²) >= 11 is 1.81. The predicted molar refractivity (Wildman–Crippen MR) is 114 cm³/mol. The molecule has 0 saturated carbocycles. The molecular formula is C21H23N5OS. The first kappa shape index (κ1) is 18.6. The van der Waals surface area contributed by atoms with E-state index in [1.54, 1.807) is 0 Å². The van der Waals surface area contributed by atoms with Crippen LogP contribution in [0.1, 0.15) is 29.1 Å². The first-order valence-electron chi connectivity index (χ1n) is 9.37. The number of rotatable bonds is 7. The van der Waals surface area contributed by atoms with Gasteiger partial charge in [0.25, 0.3) is 0 Å². The number of anilines is 3. The van der Waals surface area contributed by atoms with Crippen LogP contribution in [0.25, 0.3) is 0 Å². The third-order valence-electron chi connectivity index (χ3n) is 4.58. The van der Waals surface area contributed by atoms with Gasteiger partial charge in [-0.1, -0.05) is 30.3 Å². The average Bonchev–Trinajstić information content (AvgIpc) is 3.16. The van der Waals surface area contributed by atoms with Gasteiger partial charge >= 0.3 is 0 Å². The molecule has 0 fully saturated rings. The molecular weight excluding hydrogens is 370 g/mol. The molecule has 28 heavy (non-hydrogen) atoms. The van der Waals surface area contributed by atoms with Gasteiger partial charge in [-0.05, 0) is 48.4 Å². The van der Waals surface area contributed by atoms with Crippen molar-refractivity contribution in [3.05, 3.63) is 65.5 Å². The summed E-state index contributed by atoms with van der Waals surface area (Å²) in [6.45, 7) is 2.90. The highest BCUT2D eigenvalue weighted by atomic mass is 32.2. The van der Waals surface area contributed by atoms with E-state index in [0.717, 1.165) is 36.6 Å². The average molecular weight is 394 g/mol. The highest BCUT2D eigenvalue weighted by Crippen LogP contribution is 2.29. The van der Waals surface area contributed by atoms with E-state index in [0.29, 0.717) is 11.8 Å². The van der Waals surface area contributed by atoms with E-state index in [1.165, 1.54) is 11.1 Å². The minimum Gasteiger partial charge on any atom is -0.493 e. The summed E-state index contributed by atoms with van der Waals surface area (Å²) in [6, 6.07) is 16.3. The molecule has 1 aromatic heterocycles. The van der Waals surface area contributed by atoms with Gasteiger partial charge in [0, 0.05) is 12.1 Å². The van der Waals surface area contributed by atoms with Gasteiger partial charge in [0.2, 0.25) is 11.9 Å². The van der Waals surface area contributed by atoms with Gasteiger partial charge in [0.15, 0.2) is 0 Å². The topological polar surface area (TPSA) is 86.0 Å². The van der Waals surface area contributed by atoms with Crippen LogP contribution >= 0.6 is 11.8 Å². The number of nitrogens with two attached hydrogens (primary N) is 1. The lowest BCUT2D eigenvalue weighted by atomic mass is 10.1. The van der Waals surface area contributed by atoms with Gasteiger partial charge in [-0.15, -0.1) is 0 Å². The third-order valence-corrected chi connectivity index (χ3v) is 5.73. The number of hydrogen-bond donors (Lipinski definition) is 2. The summed E-state index contributed by atoms with van der Waals surface area (Å²) in [6.07, 6.45) is 2.01. The van der Waals surface area contributed by atoms with Gasteiger partial charge < -0.3 is 15.8 Å². The molecule has 1 aliphatic rings. The maximum absolute atomic E-state index is 5.90.